The molecule has 4 heteroatoms. The predicted octanol–water partition coefficient (Wildman–Crippen LogP) is 23.7. The zero-order valence-corrected chi connectivity index (χ0v) is 48.1. The van der Waals surface area contributed by atoms with Gasteiger partial charge in [0.2, 0.25) is 0 Å². The molecule has 0 aliphatic rings. The van der Waals surface area contributed by atoms with Crippen molar-refractivity contribution < 1.29 is 0 Å². The second-order valence-electron chi connectivity index (χ2n) is 20.5. The van der Waals surface area contributed by atoms with Gasteiger partial charge in [-0.3, -0.25) is 0 Å². The number of thiophene rings is 4. The fraction of sp³-hybridized carbons (Fsp3) is 0.343. The summed E-state index contributed by atoms with van der Waals surface area (Å²) in [4.78, 5) is 11.7. The topological polar surface area (TPSA) is 0 Å². The van der Waals surface area contributed by atoms with Crippen molar-refractivity contribution in [2.24, 2.45) is 0 Å². The van der Waals surface area contributed by atoms with Gasteiger partial charge in [-0.1, -0.05) is 226 Å². The first-order valence-corrected chi connectivity index (χ1v) is 31.7. The van der Waals surface area contributed by atoms with Gasteiger partial charge in [0.1, 0.15) is 0 Å². The molecule has 0 saturated heterocycles. The van der Waals surface area contributed by atoms with Gasteiger partial charge < -0.3 is 0 Å². The van der Waals surface area contributed by atoms with Crippen molar-refractivity contribution in [1.82, 2.24) is 0 Å². The van der Waals surface area contributed by atoms with Crippen molar-refractivity contribution in [2.45, 2.75) is 156 Å². The summed E-state index contributed by atoms with van der Waals surface area (Å²) >= 11 is 8.03. The highest BCUT2D eigenvalue weighted by molar-refractivity contribution is 7.24. The Morgan fingerprint density at radius 2 is 0.662 bits per heavy atom. The molecule has 0 aliphatic heterocycles. The van der Waals surface area contributed by atoms with Crippen LogP contribution in [0.4, 0.5) is 0 Å². The molecule has 4 aromatic heterocycles. The number of aryl methyl sites for hydroxylation is 4. The summed E-state index contributed by atoms with van der Waals surface area (Å²) in [5.74, 6) is 0. The summed E-state index contributed by atoms with van der Waals surface area (Å²) < 4.78 is 0. The van der Waals surface area contributed by atoms with Crippen LogP contribution in [0.15, 0.2) is 133 Å². The van der Waals surface area contributed by atoms with Gasteiger partial charge in [-0.2, -0.15) is 0 Å². The highest BCUT2D eigenvalue weighted by atomic mass is 32.1. The summed E-state index contributed by atoms with van der Waals surface area (Å²) in [6, 6.07) is 51.1. The third-order valence-electron chi connectivity index (χ3n) is 14.8. The average Bonchev–Trinajstić information content (AvgIpc) is 4.28. The van der Waals surface area contributed by atoms with E-state index in [4.69, 9.17) is 0 Å². The fourth-order valence-electron chi connectivity index (χ4n) is 10.6. The van der Waals surface area contributed by atoms with E-state index in [9.17, 15) is 0 Å². The van der Waals surface area contributed by atoms with Gasteiger partial charge >= 0.3 is 0 Å². The van der Waals surface area contributed by atoms with Gasteiger partial charge in [-0.05, 0) is 154 Å². The minimum absolute atomic E-state index is 1.16. The van der Waals surface area contributed by atoms with Crippen LogP contribution in [-0.4, -0.2) is 0 Å². The third-order valence-corrected chi connectivity index (χ3v) is 19.9. The Hall–Kier alpha value is -5.10. The summed E-state index contributed by atoms with van der Waals surface area (Å²) in [6.45, 7) is 9.21. The molecule has 0 atom stereocenters. The summed E-state index contributed by atoms with van der Waals surface area (Å²) in [7, 11) is 0. The Morgan fingerprint density at radius 3 is 1.01 bits per heavy atom. The maximum absolute atomic E-state index is 2.50. The van der Waals surface area contributed by atoms with Gasteiger partial charge in [0.25, 0.3) is 0 Å². The van der Waals surface area contributed by atoms with Crippen LogP contribution in [0.2, 0.25) is 0 Å². The lowest BCUT2D eigenvalue weighted by atomic mass is 9.90. The Bertz CT molecular complexity index is 2940. The van der Waals surface area contributed by atoms with Crippen LogP contribution in [0.5, 0.6) is 0 Å². The second kappa shape index (κ2) is 27.6. The molecule has 0 spiro atoms. The van der Waals surface area contributed by atoms with Crippen LogP contribution in [0.1, 0.15) is 174 Å². The minimum atomic E-state index is 1.16. The molecule has 9 rings (SSSR count). The highest BCUT2D eigenvalue weighted by Crippen LogP contribution is 2.44. The maximum atomic E-state index is 2.50. The standard InChI is InChI=1S/C70H78S4/c1-5-9-13-17-25-55-49-67(73-69(55)65-47-43-57(71-65)27-19-15-11-7-3)53-39-33-51(34-40-53)37-45-63-59-29-21-23-31-61(59)64(62-32-24-22-30-60(62)63)46-38-52-35-41-54(42-36-52)68-50-56(26-18-14-10-6-2)70(74-68)66-48-44-58(72-66)28-20-16-12-8-4/h21-24,29-50H,5-20,25-28H2,1-4H3/b45-37+,46-38+. The minimum Gasteiger partial charge on any atom is -0.139 e. The lowest BCUT2D eigenvalue weighted by Gasteiger charge is -2.13. The molecular weight excluding hydrogens is 969 g/mol. The first-order chi connectivity index (χ1) is 36.5. The second-order valence-corrected chi connectivity index (χ2v) is 25.0. The zero-order chi connectivity index (χ0) is 50.9. The number of unbranched alkanes of at least 4 members (excludes halogenated alkanes) is 12. The lowest BCUT2D eigenvalue weighted by Crippen LogP contribution is -1.88. The molecular formula is C70H78S4. The molecule has 0 N–H and O–H groups in total. The van der Waals surface area contributed by atoms with E-state index in [1.54, 1.807) is 0 Å². The molecule has 9 aromatic rings. The van der Waals surface area contributed by atoms with E-state index in [0.717, 1.165) is 12.8 Å². The largest absolute Gasteiger partial charge is 0.139 e. The van der Waals surface area contributed by atoms with Crippen molar-refractivity contribution in [3.05, 3.63) is 177 Å². The number of hydrogen-bond donors (Lipinski definition) is 0. The maximum Gasteiger partial charge on any atom is 0.0481 e. The molecule has 0 saturated carbocycles. The van der Waals surface area contributed by atoms with E-state index < -0.39 is 0 Å². The molecule has 0 bridgehead atoms. The quantitative estimate of drug-likeness (QED) is 0.0261. The molecule has 0 aliphatic carbocycles. The third kappa shape index (κ3) is 13.8. The van der Waals surface area contributed by atoms with E-state index in [2.05, 4.69) is 185 Å². The normalized spacial score (nSPS) is 11.9. The van der Waals surface area contributed by atoms with Crippen LogP contribution in [0.25, 0.3) is 86.2 Å². The fourth-order valence-corrected chi connectivity index (χ4v) is 15.4. The van der Waals surface area contributed by atoms with Crippen LogP contribution < -0.4 is 0 Å². The Kier molecular flexibility index (Phi) is 20.0. The summed E-state index contributed by atoms with van der Waals surface area (Å²) in [6.07, 6.45) is 34.9. The first-order valence-electron chi connectivity index (χ1n) is 28.5. The molecule has 0 unspecified atom stereocenters. The molecule has 74 heavy (non-hydrogen) atoms. The Balaban J connectivity index is 0.936. The average molecular weight is 1050 g/mol. The van der Waals surface area contributed by atoms with Gasteiger partial charge in [-0.15, -0.1) is 45.3 Å². The van der Waals surface area contributed by atoms with E-state index in [0.29, 0.717) is 0 Å². The number of fused-ring (bicyclic) bond motifs is 2. The highest BCUT2D eigenvalue weighted by Gasteiger charge is 2.17. The summed E-state index contributed by atoms with van der Waals surface area (Å²) in [5.41, 5.74) is 10.6. The van der Waals surface area contributed by atoms with Gasteiger partial charge in [0.15, 0.2) is 0 Å². The SMILES string of the molecule is CCCCCCc1ccc(-c2sc(-c3ccc(/C=C/c4c5ccccc5c(/C=C/c5ccc(-c6cc(CCCCCC)c(-c7ccc(CCCCCC)s7)s6)cc5)c5ccccc45)cc3)cc2CCCCCC)s1. The molecule has 382 valence electrons. The van der Waals surface area contributed by atoms with Crippen molar-refractivity contribution in [1.29, 1.82) is 0 Å². The monoisotopic (exact) mass is 1050 g/mol. The van der Waals surface area contributed by atoms with Crippen LogP contribution in [0, 0.1) is 0 Å². The molecule has 0 radical (unpaired) electrons. The van der Waals surface area contributed by atoms with E-state index in [-0.39, 0.29) is 0 Å². The molecule has 0 fully saturated rings. The van der Waals surface area contributed by atoms with E-state index in [1.165, 1.54) is 221 Å². The Labute approximate surface area is 461 Å². The molecule has 0 nitrogen and oxygen atoms in total. The number of hydrogen-bond acceptors (Lipinski definition) is 4. The van der Waals surface area contributed by atoms with Crippen molar-refractivity contribution >= 4 is 91.2 Å². The number of rotatable bonds is 28. The molecule has 5 aromatic carbocycles. The smallest absolute Gasteiger partial charge is 0.0481 e. The van der Waals surface area contributed by atoms with Gasteiger partial charge in [0, 0.05) is 39.0 Å². The summed E-state index contributed by atoms with van der Waals surface area (Å²) in [5, 5.41) is 5.10. The lowest BCUT2D eigenvalue weighted by molar-refractivity contribution is 0.668. The first kappa shape index (κ1) is 53.7. The van der Waals surface area contributed by atoms with Crippen LogP contribution >= 0.6 is 45.3 Å². The van der Waals surface area contributed by atoms with Crippen LogP contribution in [-0.2, 0) is 25.7 Å². The van der Waals surface area contributed by atoms with E-state index >= 15 is 0 Å². The number of benzene rings is 5. The zero-order valence-electron chi connectivity index (χ0n) is 44.8. The van der Waals surface area contributed by atoms with Gasteiger partial charge in [0.05, 0.1) is 0 Å². The van der Waals surface area contributed by atoms with Crippen molar-refractivity contribution in [3.63, 3.8) is 0 Å². The van der Waals surface area contributed by atoms with Crippen molar-refractivity contribution in [3.8, 4) is 40.4 Å². The van der Waals surface area contributed by atoms with E-state index in [1.807, 2.05) is 45.3 Å². The molecule has 0 amide bonds. The van der Waals surface area contributed by atoms with Crippen molar-refractivity contribution in [2.75, 3.05) is 0 Å². The Morgan fingerprint density at radius 1 is 0.311 bits per heavy atom. The van der Waals surface area contributed by atoms with Crippen LogP contribution in [0.3, 0.4) is 0 Å². The predicted molar refractivity (Wildman–Crippen MR) is 337 cm³/mol. The molecule has 4 heterocycles. The van der Waals surface area contributed by atoms with Gasteiger partial charge in [-0.25, -0.2) is 0 Å².